The average molecular weight is 363 g/mol. The second-order valence-corrected chi connectivity index (χ2v) is 7.47. The molecule has 0 fully saturated rings. The van der Waals surface area contributed by atoms with Gasteiger partial charge >= 0.3 is 0 Å². The van der Waals surface area contributed by atoms with Crippen molar-refractivity contribution in [2.45, 2.75) is 18.8 Å². The van der Waals surface area contributed by atoms with Crippen LogP contribution in [0.2, 0.25) is 0 Å². The predicted molar refractivity (Wildman–Crippen MR) is 120 cm³/mol. The number of rotatable bonds is 6. The van der Waals surface area contributed by atoms with Crippen LogP contribution in [0.1, 0.15) is 30.0 Å². The van der Waals surface area contributed by atoms with Gasteiger partial charge in [0.05, 0.1) is 0 Å². The molecule has 3 aromatic rings. The molecule has 4 rings (SSSR count). The summed E-state index contributed by atoms with van der Waals surface area (Å²) in [5.41, 5.74) is 6.73. The van der Waals surface area contributed by atoms with E-state index in [0.717, 1.165) is 6.42 Å². The van der Waals surface area contributed by atoms with Gasteiger partial charge in [-0.2, -0.15) is 0 Å². The van der Waals surface area contributed by atoms with Gasteiger partial charge in [0.15, 0.2) is 0 Å². The first kappa shape index (κ1) is 18.3. The Kier molecular flexibility index (Phi) is 5.12. The molecule has 0 saturated heterocycles. The fourth-order valence-corrected chi connectivity index (χ4v) is 4.47. The third-order valence-corrected chi connectivity index (χ3v) is 5.74. The highest BCUT2D eigenvalue weighted by Gasteiger charge is 2.43. The van der Waals surface area contributed by atoms with E-state index in [1.807, 2.05) is 12.2 Å². The van der Waals surface area contributed by atoms with Gasteiger partial charge in [-0.3, -0.25) is 0 Å². The molecular formula is C28H26. The number of hydrogen-bond acceptors (Lipinski definition) is 0. The molecule has 0 unspecified atom stereocenters. The molecule has 0 N–H and O–H groups in total. The van der Waals surface area contributed by atoms with Gasteiger partial charge in [-0.1, -0.05) is 123 Å². The molecule has 0 bridgehead atoms. The Morgan fingerprint density at radius 2 is 1.36 bits per heavy atom. The predicted octanol–water partition coefficient (Wildman–Crippen LogP) is 7.33. The summed E-state index contributed by atoms with van der Waals surface area (Å²) in [5.74, 6) is 0.387. The van der Waals surface area contributed by atoms with Crippen molar-refractivity contribution in [3.05, 3.63) is 133 Å². The second-order valence-electron chi connectivity index (χ2n) is 7.47. The number of benzene rings is 3. The molecule has 3 aromatic carbocycles. The monoisotopic (exact) mass is 362 g/mol. The summed E-state index contributed by atoms with van der Waals surface area (Å²) in [5, 5.41) is 0. The molecule has 1 aliphatic rings. The maximum atomic E-state index is 3.77. The highest BCUT2D eigenvalue weighted by Crippen LogP contribution is 2.54. The Hall–Kier alpha value is -3.12. The smallest absolute Gasteiger partial charge is 0.0497 e. The Morgan fingerprint density at radius 1 is 0.786 bits per heavy atom. The van der Waals surface area contributed by atoms with Crippen molar-refractivity contribution in [1.82, 2.24) is 0 Å². The third kappa shape index (κ3) is 3.05. The third-order valence-electron chi connectivity index (χ3n) is 5.74. The summed E-state index contributed by atoms with van der Waals surface area (Å²) in [6.07, 6.45) is 11.6. The van der Waals surface area contributed by atoms with E-state index < -0.39 is 0 Å². The van der Waals surface area contributed by atoms with E-state index in [4.69, 9.17) is 0 Å². The molecule has 0 heterocycles. The van der Waals surface area contributed by atoms with Crippen LogP contribution in [0.5, 0.6) is 0 Å². The van der Waals surface area contributed by atoms with Gasteiger partial charge in [-0.05, 0) is 40.2 Å². The maximum Gasteiger partial charge on any atom is 0.0497 e. The molecule has 1 atom stereocenters. The van der Waals surface area contributed by atoms with Crippen LogP contribution in [0, 0.1) is 5.92 Å². The summed E-state index contributed by atoms with van der Waals surface area (Å²) in [7, 11) is 0. The van der Waals surface area contributed by atoms with Gasteiger partial charge in [-0.25, -0.2) is 0 Å². The van der Waals surface area contributed by atoms with Gasteiger partial charge in [0, 0.05) is 5.41 Å². The summed E-state index contributed by atoms with van der Waals surface area (Å²) in [6.45, 7) is 5.98. The largest absolute Gasteiger partial charge is 0.0991 e. The standard InChI is InChI=1S/C28H26/c1-3-4-13-22(2)14-12-21-28(23-15-6-5-7-16-23)26-19-10-8-17-24(26)25-18-9-11-20-27(25)28/h3-20,22H,1,21H2,2H3/b13-4-,14-12-/t22-/m0/s1. The first-order chi connectivity index (χ1) is 13.8. The van der Waals surface area contributed by atoms with Crippen molar-refractivity contribution in [2.75, 3.05) is 0 Å². The molecule has 1 aliphatic carbocycles. The molecule has 0 aromatic heterocycles. The van der Waals surface area contributed by atoms with Gasteiger partial charge in [0.1, 0.15) is 0 Å². The van der Waals surface area contributed by atoms with Crippen molar-refractivity contribution >= 4 is 0 Å². The zero-order valence-electron chi connectivity index (χ0n) is 16.4. The zero-order chi connectivity index (χ0) is 19.4. The first-order valence-electron chi connectivity index (χ1n) is 9.98. The number of fused-ring (bicyclic) bond motifs is 3. The van der Waals surface area contributed by atoms with Crippen LogP contribution in [0.25, 0.3) is 11.1 Å². The van der Waals surface area contributed by atoms with Crippen molar-refractivity contribution in [3.63, 3.8) is 0 Å². The number of hydrogen-bond donors (Lipinski definition) is 0. The van der Waals surface area contributed by atoms with Gasteiger partial charge < -0.3 is 0 Å². The quantitative estimate of drug-likeness (QED) is 0.318. The molecule has 0 nitrogen and oxygen atoms in total. The SMILES string of the molecule is C=C/C=C\[C@H](C)/C=C\CC1(c2ccccc2)c2ccccc2-c2ccccc21. The highest BCUT2D eigenvalue weighted by molar-refractivity contribution is 5.83. The Morgan fingerprint density at radius 3 is 1.96 bits per heavy atom. The van der Waals surface area contributed by atoms with E-state index in [1.54, 1.807) is 0 Å². The fraction of sp³-hybridized carbons (Fsp3) is 0.143. The van der Waals surface area contributed by atoms with Crippen LogP contribution >= 0.6 is 0 Å². The minimum absolute atomic E-state index is 0.146. The molecule has 0 saturated carbocycles. The van der Waals surface area contributed by atoms with E-state index in [0.29, 0.717) is 5.92 Å². The van der Waals surface area contributed by atoms with Gasteiger partial charge in [-0.15, -0.1) is 0 Å². The van der Waals surface area contributed by atoms with Crippen LogP contribution < -0.4 is 0 Å². The number of allylic oxidation sites excluding steroid dienone is 5. The maximum absolute atomic E-state index is 3.77. The average Bonchev–Trinajstić information content (AvgIpc) is 3.04. The lowest BCUT2D eigenvalue weighted by Crippen LogP contribution is -2.26. The first-order valence-corrected chi connectivity index (χ1v) is 9.98. The Bertz CT molecular complexity index is 975. The van der Waals surface area contributed by atoms with Crippen molar-refractivity contribution in [1.29, 1.82) is 0 Å². The molecule has 0 amide bonds. The molecule has 0 spiro atoms. The molecule has 0 aliphatic heterocycles. The molecule has 28 heavy (non-hydrogen) atoms. The van der Waals surface area contributed by atoms with Crippen LogP contribution in [0.15, 0.2) is 116 Å². The summed E-state index contributed by atoms with van der Waals surface area (Å²) < 4.78 is 0. The highest BCUT2D eigenvalue weighted by atomic mass is 14.4. The van der Waals surface area contributed by atoms with E-state index in [9.17, 15) is 0 Å². The fourth-order valence-electron chi connectivity index (χ4n) is 4.47. The van der Waals surface area contributed by atoms with Crippen molar-refractivity contribution in [2.24, 2.45) is 5.92 Å². The van der Waals surface area contributed by atoms with Crippen molar-refractivity contribution < 1.29 is 0 Å². The second kappa shape index (κ2) is 7.86. The van der Waals surface area contributed by atoms with Crippen LogP contribution in [-0.4, -0.2) is 0 Å². The summed E-state index contributed by atoms with van der Waals surface area (Å²) in [4.78, 5) is 0. The van der Waals surface area contributed by atoms with Crippen LogP contribution in [-0.2, 0) is 5.41 Å². The summed E-state index contributed by atoms with van der Waals surface area (Å²) in [6, 6.07) is 28.7. The molecule has 138 valence electrons. The van der Waals surface area contributed by atoms with E-state index >= 15 is 0 Å². The van der Waals surface area contributed by atoms with Gasteiger partial charge in [0.2, 0.25) is 0 Å². The summed E-state index contributed by atoms with van der Waals surface area (Å²) >= 11 is 0. The lowest BCUT2D eigenvalue weighted by atomic mass is 9.70. The minimum Gasteiger partial charge on any atom is -0.0991 e. The lowest BCUT2D eigenvalue weighted by Gasteiger charge is -2.32. The topological polar surface area (TPSA) is 0 Å². The Labute approximate surface area is 168 Å². The zero-order valence-corrected chi connectivity index (χ0v) is 16.4. The van der Waals surface area contributed by atoms with Crippen molar-refractivity contribution in [3.8, 4) is 11.1 Å². The van der Waals surface area contributed by atoms with E-state index in [2.05, 4.69) is 111 Å². The van der Waals surface area contributed by atoms with Crippen LogP contribution in [0.4, 0.5) is 0 Å². The van der Waals surface area contributed by atoms with E-state index in [1.165, 1.54) is 27.8 Å². The molecular weight excluding hydrogens is 336 g/mol. The normalized spacial score (nSPS) is 15.5. The van der Waals surface area contributed by atoms with Crippen LogP contribution in [0.3, 0.4) is 0 Å². The molecule has 0 heteroatoms. The lowest BCUT2D eigenvalue weighted by molar-refractivity contribution is 0.642. The van der Waals surface area contributed by atoms with E-state index in [-0.39, 0.29) is 5.41 Å². The molecule has 0 radical (unpaired) electrons. The van der Waals surface area contributed by atoms with Gasteiger partial charge in [0.25, 0.3) is 0 Å². The minimum atomic E-state index is -0.146. The Balaban J connectivity index is 1.87.